The van der Waals surface area contributed by atoms with Gasteiger partial charge in [0.25, 0.3) is 0 Å². The van der Waals surface area contributed by atoms with Gasteiger partial charge in [0.15, 0.2) is 5.78 Å². The topological polar surface area (TPSA) is 74.7 Å². The number of aliphatic carboxylic acids is 1. The molecule has 21 heavy (non-hydrogen) atoms. The van der Waals surface area contributed by atoms with Gasteiger partial charge < -0.3 is 10.0 Å². The largest absolute Gasteiger partial charge is 0.480 e. The zero-order valence-electron chi connectivity index (χ0n) is 10.9. The highest BCUT2D eigenvalue weighted by Crippen LogP contribution is 2.26. The quantitative estimate of drug-likeness (QED) is 0.615. The van der Waals surface area contributed by atoms with E-state index >= 15 is 0 Å². The van der Waals surface area contributed by atoms with Crippen LogP contribution in [0.1, 0.15) is 28.9 Å². The summed E-state index contributed by atoms with van der Waals surface area (Å²) in [6.07, 6.45) is 1.07. The first-order chi connectivity index (χ1) is 9.90. The molecule has 1 N–H and O–H groups in total. The second-order valence-corrected chi connectivity index (χ2v) is 7.54. The second-order valence-electron chi connectivity index (χ2n) is 4.72. The Morgan fingerprint density at radius 3 is 2.76 bits per heavy atom. The lowest BCUT2D eigenvalue weighted by atomic mass is 10.1. The molecule has 0 bridgehead atoms. The minimum absolute atomic E-state index is 0.0574. The fourth-order valence-electron chi connectivity index (χ4n) is 2.29. The lowest BCUT2D eigenvalue weighted by molar-refractivity contribution is -0.148. The normalized spacial score (nSPS) is 19.5. The van der Waals surface area contributed by atoms with E-state index in [1.807, 2.05) is 0 Å². The van der Waals surface area contributed by atoms with E-state index in [2.05, 4.69) is 15.9 Å². The molecule has 2 heterocycles. The van der Waals surface area contributed by atoms with Gasteiger partial charge in [-0.3, -0.25) is 9.59 Å². The SMILES string of the molecule is O=C(c1ccc(Cl)s1)C(Br)CC(=O)N1CCC[C@H]1C(=O)O. The Morgan fingerprint density at radius 2 is 2.19 bits per heavy atom. The number of carbonyl (C=O) groups is 3. The van der Waals surface area contributed by atoms with Gasteiger partial charge in [0.05, 0.1) is 14.0 Å². The van der Waals surface area contributed by atoms with Crippen LogP contribution in [0, 0.1) is 0 Å². The lowest BCUT2D eigenvalue weighted by Gasteiger charge is -2.22. The van der Waals surface area contributed by atoms with E-state index in [0.717, 1.165) is 11.3 Å². The van der Waals surface area contributed by atoms with E-state index in [9.17, 15) is 14.4 Å². The summed E-state index contributed by atoms with van der Waals surface area (Å²) in [5, 5.41) is 9.07. The average molecular weight is 395 g/mol. The van der Waals surface area contributed by atoms with Gasteiger partial charge in [-0.25, -0.2) is 4.79 Å². The van der Waals surface area contributed by atoms with Crippen molar-refractivity contribution >= 4 is 56.5 Å². The van der Waals surface area contributed by atoms with Crippen LogP contribution < -0.4 is 0 Å². The van der Waals surface area contributed by atoms with Gasteiger partial charge >= 0.3 is 5.97 Å². The number of rotatable bonds is 5. The van der Waals surface area contributed by atoms with Crippen LogP contribution in [0.15, 0.2) is 12.1 Å². The monoisotopic (exact) mass is 393 g/mol. The lowest BCUT2D eigenvalue weighted by Crippen LogP contribution is -2.41. The number of Topliss-reactive ketones (excluding diaryl/α,β-unsaturated/α-hetero) is 1. The van der Waals surface area contributed by atoms with Gasteiger partial charge in [-0.2, -0.15) is 0 Å². The number of carboxylic acids is 1. The summed E-state index contributed by atoms with van der Waals surface area (Å²) in [6.45, 7) is 0.425. The van der Waals surface area contributed by atoms with Crippen molar-refractivity contribution in [3.8, 4) is 0 Å². The molecule has 1 aromatic heterocycles. The first kappa shape index (κ1) is 16.5. The molecule has 1 aliphatic heterocycles. The summed E-state index contributed by atoms with van der Waals surface area (Å²) in [5.74, 6) is -1.53. The Hall–Kier alpha value is -0.920. The number of halogens is 2. The van der Waals surface area contributed by atoms with Crippen molar-refractivity contribution in [3.05, 3.63) is 21.3 Å². The molecule has 1 aromatic rings. The van der Waals surface area contributed by atoms with Crippen LogP contribution in [-0.4, -0.2) is 45.1 Å². The van der Waals surface area contributed by atoms with E-state index in [0.29, 0.717) is 28.6 Å². The number of thiophene rings is 1. The molecule has 0 spiro atoms. The van der Waals surface area contributed by atoms with Crippen LogP contribution in [0.3, 0.4) is 0 Å². The number of nitrogens with zero attached hydrogens (tertiary/aromatic N) is 1. The van der Waals surface area contributed by atoms with Crippen molar-refractivity contribution in [2.75, 3.05) is 6.54 Å². The summed E-state index contributed by atoms with van der Waals surface area (Å²) in [7, 11) is 0. The van der Waals surface area contributed by atoms with Gasteiger partial charge in [-0.05, 0) is 25.0 Å². The number of alkyl halides is 1. The molecule has 2 atom stereocenters. The maximum atomic E-state index is 12.2. The number of ketones is 1. The molecular formula is C13H13BrClNO4S. The number of hydrogen-bond acceptors (Lipinski definition) is 4. The van der Waals surface area contributed by atoms with Crippen molar-refractivity contribution in [1.29, 1.82) is 0 Å². The summed E-state index contributed by atoms with van der Waals surface area (Å²) in [4.78, 5) is 36.5. The third-order valence-corrected chi connectivity index (χ3v) is 5.30. The zero-order chi connectivity index (χ0) is 15.6. The molecule has 0 aliphatic carbocycles. The number of carboxylic acid groups (broad SMARTS) is 1. The Morgan fingerprint density at radius 1 is 1.48 bits per heavy atom. The number of carbonyl (C=O) groups excluding carboxylic acids is 2. The first-order valence-electron chi connectivity index (χ1n) is 6.36. The van der Waals surface area contributed by atoms with Crippen LogP contribution in [0.5, 0.6) is 0 Å². The molecular weight excluding hydrogens is 382 g/mol. The highest BCUT2D eigenvalue weighted by Gasteiger charge is 2.35. The fraction of sp³-hybridized carbons (Fsp3) is 0.462. The molecule has 1 amide bonds. The van der Waals surface area contributed by atoms with E-state index in [1.165, 1.54) is 4.90 Å². The van der Waals surface area contributed by atoms with Crippen LogP contribution in [-0.2, 0) is 9.59 Å². The molecule has 0 radical (unpaired) electrons. The highest BCUT2D eigenvalue weighted by molar-refractivity contribution is 9.10. The van der Waals surface area contributed by atoms with E-state index in [1.54, 1.807) is 12.1 Å². The summed E-state index contributed by atoms with van der Waals surface area (Å²) in [6, 6.07) is 2.47. The van der Waals surface area contributed by atoms with Crippen LogP contribution in [0.2, 0.25) is 4.34 Å². The van der Waals surface area contributed by atoms with Gasteiger partial charge in [0.2, 0.25) is 5.91 Å². The zero-order valence-corrected chi connectivity index (χ0v) is 14.1. The molecule has 8 heteroatoms. The van der Waals surface area contributed by atoms with E-state index in [-0.39, 0.29) is 18.1 Å². The maximum Gasteiger partial charge on any atom is 0.326 e. The summed E-state index contributed by atoms with van der Waals surface area (Å²) < 4.78 is 0.509. The van der Waals surface area contributed by atoms with Crippen LogP contribution in [0.25, 0.3) is 0 Å². The fourth-order valence-corrected chi connectivity index (χ4v) is 4.00. The van der Waals surface area contributed by atoms with Crippen molar-refractivity contribution in [2.45, 2.75) is 30.1 Å². The molecule has 1 unspecified atom stereocenters. The second kappa shape index (κ2) is 6.89. The summed E-state index contributed by atoms with van der Waals surface area (Å²) >= 11 is 10.2. The number of hydrogen-bond donors (Lipinski definition) is 1. The minimum Gasteiger partial charge on any atom is -0.480 e. The standard InChI is InChI=1S/C13H13BrClNO4S/c14-7(12(18)9-3-4-10(15)21-9)6-11(17)16-5-1-2-8(16)13(19)20/h3-4,7-8H,1-2,5-6H2,(H,19,20)/t7?,8-/m0/s1. The molecule has 2 rings (SSSR count). The van der Waals surface area contributed by atoms with Crippen molar-refractivity contribution in [3.63, 3.8) is 0 Å². The molecule has 1 fully saturated rings. The van der Waals surface area contributed by atoms with E-state index < -0.39 is 16.8 Å². The Balaban J connectivity index is 1.99. The molecule has 1 aliphatic rings. The van der Waals surface area contributed by atoms with Crippen molar-refractivity contribution in [1.82, 2.24) is 4.90 Å². The third-order valence-electron chi connectivity index (χ3n) is 3.31. The van der Waals surface area contributed by atoms with Gasteiger partial charge in [-0.15, -0.1) is 11.3 Å². The van der Waals surface area contributed by atoms with Gasteiger partial charge in [0, 0.05) is 13.0 Å². The van der Waals surface area contributed by atoms with Gasteiger partial charge in [0.1, 0.15) is 6.04 Å². The van der Waals surface area contributed by atoms with Gasteiger partial charge in [-0.1, -0.05) is 27.5 Å². The predicted molar refractivity (Wildman–Crippen MR) is 83.4 cm³/mol. The Bertz CT molecular complexity index is 576. The third kappa shape index (κ3) is 3.84. The number of likely N-dealkylation sites (tertiary alicyclic amines) is 1. The van der Waals surface area contributed by atoms with Crippen molar-refractivity contribution in [2.24, 2.45) is 0 Å². The minimum atomic E-state index is -0.997. The predicted octanol–water partition coefficient (Wildman–Crippen LogP) is 2.81. The highest BCUT2D eigenvalue weighted by atomic mass is 79.9. The molecule has 0 aromatic carbocycles. The molecule has 5 nitrogen and oxygen atoms in total. The molecule has 114 valence electrons. The average Bonchev–Trinajstić information content (AvgIpc) is 3.05. The number of amides is 1. The molecule has 1 saturated heterocycles. The van der Waals surface area contributed by atoms with E-state index in [4.69, 9.17) is 16.7 Å². The van der Waals surface area contributed by atoms with Crippen LogP contribution in [0.4, 0.5) is 0 Å². The van der Waals surface area contributed by atoms with Crippen molar-refractivity contribution < 1.29 is 19.5 Å². The Labute approximate surface area is 139 Å². The van der Waals surface area contributed by atoms with Crippen LogP contribution >= 0.6 is 38.9 Å². The Kier molecular flexibility index (Phi) is 5.40. The smallest absolute Gasteiger partial charge is 0.326 e. The molecule has 0 saturated carbocycles. The summed E-state index contributed by atoms with van der Waals surface area (Å²) in [5.41, 5.74) is 0. The first-order valence-corrected chi connectivity index (χ1v) is 8.47. The maximum absolute atomic E-state index is 12.2.